The van der Waals surface area contributed by atoms with Gasteiger partial charge in [-0.25, -0.2) is 0 Å². The van der Waals surface area contributed by atoms with Gasteiger partial charge < -0.3 is 15.2 Å². The summed E-state index contributed by atoms with van der Waals surface area (Å²) in [7, 11) is 3.88. The van der Waals surface area contributed by atoms with Gasteiger partial charge in [-0.15, -0.1) is 0 Å². The monoisotopic (exact) mass is 216 g/mol. The van der Waals surface area contributed by atoms with Gasteiger partial charge in [-0.1, -0.05) is 0 Å². The Hall–Kier alpha value is -0.160. The van der Waals surface area contributed by atoms with Crippen molar-refractivity contribution in [1.82, 2.24) is 4.90 Å². The molecule has 0 aromatic rings. The van der Waals surface area contributed by atoms with Crippen LogP contribution in [0.1, 0.15) is 19.8 Å². The Balaban J connectivity index is 2.62. The Bertz CT molecular complexity index is 181. The first kappa shape index (κ1) is 12.9. The van der Waals surface area contributed by atoms with Gasteiger partial charge >= 0.3 is 0 Å². The van der Waals surface area contributed by atoms with Crippen molar-refractivity contribution in [2.45, 2.75) is 31.3 Å². The predicted octanol–water partition coefficient (Wildman–Crippen LogP) is 0.461. The molecule has 1 rings (SSSR count). The number of hydrogen-bond donors (Lipinski definition) is 1. The molecule has 1 heterocycles. The van der Waals surface area contributed by atoms with Crippen LogP contribution in [0.4, 0.5) is 0 Å². The molecular weight excluding hydrogens is 192 g/mol. The van der Waals surface area contributed by atoms with Crippen LogP contribution in [0.5, 0.6) is 0 Å². The maximum absolute atomic E-state index is 5.94. The van der Waals surface area contributed by atoms with E-state index in [-0.39, 0.29) is 5.54 Å². The highest BCUT2D eigenvalue weighted by Crippen LogP contribution is 2.27. The highest BCUT2D eigenvalue weighted by atomic mass is 16.5. The van der Waals surface area contributed by atoms with E-state index in [1.807, 2.05) is 0 Å². The molecule has 1 saturated heterocycles. The summed E-state index contributed by atoms with van der Waals surface area (Å²) in [5, 5.41) is 0. The molecule has 0 amide bonds. The van der Waals surface area contributed by atoms with E-state index in [0.29, 0.717) is 12.6 Å². The van der Waals surface area contributed by atoms with E-state index in [1.165, 1.54) is 0 Å². The summed E-state index contributed by atoms with van der Waals surface area (Å²) in [6.45, 7) is 5.26. The number of ether oxygens (including phenoxy) is 2. The SMILES string of the molecule is COCC(C)N(C)C1(CN)CCOCC1. The Kier molecular flexibility index (Phi) is 4.99. The van der Waals surface area contributed by atoms with Crippen LogP contribution in [0.15, 0.2) is 0 Å². The fourth-order valence-electron chi connectivity index (χ4n) is 2.27. The van der Waals surface area contributed by atoms with E-state index in [9.17, 15) is 0 Å². The van der Waals surface area contributed by atoms with Gasteiger partial charge in [-0.05, 0) is 26.8 Å². The van der Waals surface area contributed by atoms with Crippen molar-refractivity contribution in [3.8, 4) is 0 Å². The van der Waals surface area contributed by atoms with Crippen LogP contribution < -0.4 is 5.73 Å². The largest absolute Gasteiger partial charge is 0.383 e. The second-order valence-electron chi connectivity index (χ2n) is 4.46. The van der Waals surface area contributed by atoms with Crippen LogP contribution in [-0.4, -0.2) is 57.0 Å². The van der Waals surface area contributed by atoms with Gasteiger partial charge in [-0.3, -0.25) is 4.90 Å². The molecule has 0 spiro atoms. The minimum Gasteiger partial charge on any atom is -0.383 e. The zero-order valence-corrected chi connectivity index (χ0v) is 10.2. The van der Waals surface area contributed by atoms with Gasteiger partial charge in [0.15, 0.2) is 0 Å². The molecule has 4 heteroatoms. The molecule has 15 heavy (non-hydrogen) atoms. The van der Waals surface area contributed by atoms with Gasteiger partial charge in [0, 0.05) is 38.4 Å². The number of rotatable bonds is 5. The maximum atomic E-state index is 5.94. The molecule has 90 valence electrons. The Labute approximate surface area is 92.7 Å². The summed E-state index contributed by atoms with van der Waals surface area (Å²) in [4.78, 5) is 2.36. The molecule has 0 aliphatic carbocycles. The molecule has 1 atom stereocenters. The van der Waals surface area contributed by atoms with E-state index in [1.54, 1.807) is 7.11 Å². The first-order valence-corrected chi connectivity index (χ1v) is 5.66. The smallest absolute Gasteiger partial charge is 0.0615 e. The zero-order valence-electron chi connectivity index (χ0n) is 10.2. The fourth-order valence-corrected chi connectivity index (χ4v) is 2.27. The molecule has 0 aromatic heterocycles. The number of hydrogen-bond acceptors (Lipinski definition) is 4. The summed E-state index contributed by atoms with van der Waals surface area (Å²) < 4.78 is 10.6. The molecule has 1 aliphatic heterocycles. The lowest BCUT2D eigenvalue weighted by Gasteiger charge is -2.46. The Morgan fingerprint density at radius 1 is 1.47 bits per heavy atom. The second-order valence-corrected chi connectivity index (χ2v) is 4.46. The van der Waals surface area contributed by atoms with E-state index in [0.717, 1.165) is 32.7 Å². The number of methoxy groups -OCH3 is 1. The van der Waals surface area contributed by atoms with Crippen LogP contribution >= 0.6 is 0 Å². The third-order valence-corrected chi connectivity index (χ3v) is 3.62. The van der Waals surface area contributed by atoms with Gasteiger partial charge in [0.25, 0.3) is 0 Å². The van der Waals surface area contributed by atoms with Crippen molar-refractivity contribution in [2.75, 3.05) is 40.5 Å². The predicted molar refractivity (Wildman–Crippen MR) is 60.9 cm³/mol. The molecule has 0 aromatic carbocycles. The third-order valence-electron chi connectivity index (χ3n) is 3.62. The highest BCUT2D eigenvalue weighted by molar-refractivity contribution is 4.94. The zero-order chi connectivity index (χ0) is 11.3. The minimum atomic E-state index is 0.107. The van der Waals surface area contributed by atoms with Crippen molar-refractivity contribution in [2.24, 2.45) is 5.73 Å². The van der Waals surface area contributed by atoms with Crippen molar-refractivity contribution in [3.63, 3.8) is 0 Å². The standard InChI is InChI=1S/C11H24N2O2/c1-10(8-14-3)13(2)11(9-12)4-6-15-7-5-11/h10H,4-9,12H2,1-3H3. The maximum Gasteiger partial charge on any atom is 0.0615 e. The molecule has 4 nitrogen and oxygen atoms in total. The van der Waals surface area contributed by atoms with Gasteiger partial charge in [0.05, 0.1) is 6.61 Å². The fraction of sp³-hybridized carbons (Fsp3) is 1.00. The van der Waals surface area contributed by atoms with Crippen LogP contribution in [0, 0.1) is 0 Å². The molecular formula is C11H24N2O2. The summed E-state index contributed by atoms with van der Waals surface area (Å²) in [6.07, 6.45) is 2.04. The average molecular weight is 216 g/mol. The number of nitrogens with two attached hydrogens (primary N) is 1. The minimum absolute atomic E-state index is 0.107. The average Bonchev–Trinajstić information content (AvgIpc) is 2.29. The van der Waals surface area contributed by atoms with Crippen LogP contribution in [0.3, 0.4) is 0 Å². The lowest BCUT2D eigenvalue weighted by Crippen LogP contribution is -2.58. The van der Waals surface area contributed by atoms with Crippen molar-refractivity contribution >= 4 is 0 Å². The Morgan fingerprint density at radius 3 is 2.53 bits per heavy atom. The van der Waals surface area contributed by atoms with E-state index in [2.05, 4.69) is 18.9 Å². The van der Waals surface area contributed by atoms with Crippen LogP contribution in [0.2, 0.25) is 0 Å². The summed E-state index contributed by atoms with van der Waals surface area (Å²) in [6, 6.07) is 0.400. The van der Waals surface area contributed by atoms with E-state index in [4.69, 9.17) is 15.2 Å². The van der Waals surface area contributed by atoms with Crippen molar-refractivity contribution in [1.29, 1.82) is 0 Å². The van der Waals surface area contributed by atoms with Crippen LogP contribution in [0.25, 0.3) is 0 Å². The summed E-state index contributed by atoms with van der Waals surface area (Å²) >= 11 is 0. The second kappa shape index (κ2) is 5.80. The molecule has 1 unspecified atom stereocenters. The topological polar surface area (TPSA) is 47.7 Å². The molecule has 2 N–H and O–H groups in total. The van der Waals surface area contributed by atoms with Crippen molar-refractivity contribution < 1.29 is 9.47 Å². The third kappa shape index (κ3) is 2.91. The van der Waals surface area contributed by atoms with Crippen molar-refractivity contribution in [3.05, 3.63) is 0 Å². The first-order valence-electron chi connectivity index (χ1n) is 5.66. The summed E-state index contributed by atoms with van der Waals surface area (Å²) in [5.74, 6) is 0. The van der Waals surface area contributed by atoms with Crippen LogP contribution in [-0.2, 0) is 9.47 Å². The van der Waals surface area contributed by atoms with Gasteiger partial charge in [0.1, 0.15) is 0 Å². The molecule has 0 saturated carbocycles. The molecule has 1 fully saturated rings. The molecule has 1 aliphatic rings. The summed E-state index contributed by atoms with van der Waals surface area (Å²) in [5.41, 5.74) is 6.04. The van der Waals surface area contributed by atoms with E-state index < -0.39 is 0 Å². The Morgan fingerprint density at radius 2 is 2.07 bits per heavy atom. The normalized spacial score (nSPS) is 23.0. The van der Waals surface area contributed by atoms with Gasteiger partial charge in [-0.2, -0.15) is 0 Å². The number of likely N-dealkylation sites (N-methyl/N-ethyl adjacent to an activating group) is 1. The number of nitrogens with zero attached hydrogens (tertiary/aromatic N) is 1. The molecule has 0 bridgehead atoms. The van der Waals surface area contributed by atoms with E-state index >= 15 is 0 Å². The first-order chi connectivity index (χ1) is 7.16. The lowest BCUT2D eigenvalue weighted by molar-refractivity contribution is -0.0397. The highest BCUT2D eigenvalue weighted by Gasteiger charge is 2.37. The quantitative estimate of drug-likeness (QED) is 0.725. The van der Waals surface area contributed by atoms with Gasteiger partial charge in [0.2, 0.25) is 0 Å². The lowest BCUT2D eigenvalue weighted by atomic mass is 9.87. The molecule has 0 radical (unpaired) electrons.